The van der Waals surface area contributed by atoms with E-state index in [0.29, 0.717) is 11.9 Å². The number of rotatable bonds is 3. The summed E-state index contributed by atoms with van der Waals surface area (Å²) in [7, 11) is 2.02. The third-order valence-electron chi connectivity index (χ3n) is 2.85. The maximum atomic E-state index is 4.96. The van der Waals surface area contributed by atoms with E-state index >= 15 is 0 Å². The highest BCUT2D eigenvalue weighted by molar-refractivity contribution is 4.86. The van der Waals surface area contributed by atoms with E-state index in [0.717, 1.165) is 25.5 Å². The molecule has 0 bridgehead atoms. The van der Waals surface area contributed by atoms with Crippen molar-refractivity contribution in [3.8, 4) is 0 Å². The SMILES string of the molecule is CN[C@@H]1CCCN(Cc2noc(C)n2)C1. The van der Waals surface area contributed by atoms with Crippen LogP contribution in [-0.4, -0.2) is 41.2 Å². The minimum absolute atomic E-state index is 0.603. The Morgan fingerprint density at radius 3 is 3.13 bits per heavy atom. The number of aryl methyl sites for hydroxylation is 1. The molecule has 0 radical (unpaired) electrons. The molecule has 1 aliphatic heterocycles. The van der Waals surface area contributed by atoms with Crippen molar-refractivity contribution in [2.45, 2.75) is 32.4 Å². The zero-order valence-electron chi connectivity index (χ0n) is 9.36. The van der Waals surface area contributed by atoms with Crippen LogP contribution in [0.4, 0.5) is 0 Å². The first-order valence-electron chi connectivity index (χ1n) is 5.46. The van der Waals surface area contributed by atoms with Crippen molar-refractivity contribution in [3.05, 3.63) is 11.7 Å². The normalized spacial score (nSPS) is 23.2. The Morgan fingerprint density at radius 2 is 2.47 bits per heavy atom. The van der Waals surface area contributed by atoms with Crippen molar-refractivity contribution >= 4 is 0 Å². The van der Waals surface area contributed by atoms with E-state index in [4.69, 9.17) is 4.52 Å². The summed E-state index contributed by atoms with van der Waals surface area (Å²) < 4.78 is 4.96. The Hall–Kier alpha value is -0.940. The molecule has 5 nitrogen and oxygen atoms in total. The molecular formula is C10H18N4O. The smallest absolute Gasteiger partial charge is 0.223 e. The van der Waals surface area contributed by atoms with Crippen molar-refractivity contribution in [3.63, 3.8) is 0 Å². The first-order chi connectivity index (χ1) is 7.28. The summed E-state index contributed by atoms with van der Waals surface area (Å²) in [5, 5.41) is 7.23. The highest BCUT2D eigenvalue weighted by Gasteiger charge is 2.19. The van der Waals surface area contributed by atoms with Crippen LogP contribution in [0.5, 0.6) is 0 Å². The molecule has 84 valence electrons. The van der Waals surface area contributed by atoms with Crippen molar-refractivity contribution in [1.82, 2.24) is 20.4 Å². The van der Waals surface area contributed by atoms with Gasteiger partial charge in [-0.25, -0.2) is 0 Å². The lowest BCUT2D eigenvalue weighted by Crippen LogP contribution is -2.44. The maximum absolute atomic E-state index is 4.96. The van der Waals surface area contributed by atoms with Crippen LogP contribution in [0.25, 0.3) is 0 Å². The molecule has 1 N–H and O–H groups in total. The number of nitrogens with one attached hydrogen (secondary N) is 1. The van der Waals surface area contributed by atoms with E-state index in [2.05, 4.69) is 20.4 Å². The van der Waals surface area contributed by atoms with Crippen LogP contribution in [0.15, 0.2) is 4.52 Å². The fourth-order valence-corrected chi connectivity index (χ4v) is 2.04. The molecule has 5 heteroatoms. The number of hydrogen-bond acceptors (Lipinski definition) is 5. The minimum Gasteiger partial charge on any atom is -0.340 e. The van der Waals surface area contributed by atoms with Gasteiger partial charge in [-0.2, -0.15) is 4.98 Å². The number of nitrogens with zero attached hydrogens (tertiary/aromatic N) is 3. The quantitative estimate of drug-likeness (QED) is 0.790. The van der Waals surface area contributed by atoms with Crippen LogP contribution in [0.1, 0.15) is 24.6 Å². The van der Waals surface area contributed by atoms with Crippen LogP contribution < -0.4 is 5.32 Å². The van der Waals surface area contributed by atoms with Gasteiger partial charge in [0.2, 0.25) is 5.89 Å². The second-order valence-corrected chi connectivity index (χ2v) is 4.09. The second kappa shape index (κ2) is 4.72. The van der Waals surface area contributed by atoms with E-state index in [-0.39, 0.29) is 0 Å². The highest BCUT2D eigenvalue weighted by Crippen LogP contribution is 2.11. The standard InChI is InChI=1S/C10H18N4O/c1-8-12-10(13-15-8)7-14-5-3-4-9(6-14)11-2/h9,11H,3-7H2,1-2H3/t9-/m1/s1. The largest absolute Gasteiger partial charge is 0.340 e. The Bertz CT molecular complexity index is 312. The van der Waals surface area contributed by atoms with Gasteiger partial charge in [0, 0.05) is 19.5 Å². The van der Waals surface area contributed by atoms with Gasteiger partial charge in [-0.05, 0) is 26.4 Å². The molecular weight excluding hydrogens is 192 g/mol. The number of likely N-dealkylation sites (N-methyl/N-ethyl adjacent to an activating group) is 1. The van der Waals surface area contributed by atoms with E-state index in [9.17, 15) is 0 Å². The second-order valence-electron chi connectivity index (χ2n) is 4.09. The van der Waals surface area contributed by atoms with Gasteiger partial charge in [0.25, 0.3) is 0 Å². The molecule has 1 saturated heterocycles. The van der Waals surface area contributed by atoms with Gasteiger partial charge in [-0.1, -0.05) is 5.16 Å². The fraction of sp³-hybridized carbons (Fsp3) is 0.800. The molecule has 0 aromatic carbocycles. The molecule has 15 heavy (non-hydrogen) atoms. The molecule has 1 aromatic rings. The Morgan fingerprint density at radius 1 is 1.60 bits per heavy atom. The van der Waals surface area contributed by atoms with Gasteiger partial charge >= 0.3 is 0 Å². The van der Waals surface area contributed by atoms with Gasteiger partial charge in [0.05, 0.1) is 6.54 Å². The van der Waals surface area contributed by atoms with Crippen LogP contribution in [-0.2, 0) is 6.54 Å². The molecule has 0 unspecified atom stereocenters. The highest BCUT2D eigenvalue weighted by atomic mass is 16.5. The van der Waals surface area contributed by atoms with Crippen molar-refractivity contribution < 1.29 is 4.52 Å². The first-order valence-corrected chi connectivity index (χ1v) is 5.46. The summed E-state index contributed by atoms with van der Waals surface area (Å²) in [6, 6.07) is 0.603. The van der Waals surface area contributed by atoms with Gasteiger partial charge in [-0.3, -0.25) is 4.90 Å². The van der Waals surface area contributed by atoms with Crippen molar-refractivity contribution in [2.75, 3.05) is 20.1 Å². The van der Waals surface area contributed by atoms with E-state index in [1.165, 1.54) is 12.8 Å². The van der Waals surface area contributed by atoms with E-state index in [1.54, 1.807) is 0 Å². The number of likely N-dealkylation sites (tertiary alicyclic amines) is 1. The molecule has 2 rings (SSSR count). The summed E-state index contributed by atoms with van der Waals surface area (Å²) in [6.07, 6.45) is 2.50. The van der Waals surface area contributed by atoms with E-state index < -0.39 is 0 Å². The third-order valence-corrected chi connectivity index (χ3v) is 2.85. The van der Waals surface area contributed by atoms with Crippen molar-refractivity contribution in [1.29, 1.82) is 0 Å². The lowest BCUT2D eigenvalue weighted by Gasteiger charge is -2.31. The monoisotopic (exact) mass is 210 g/mol. The van der Waals surface area contributed by atoms with Crippen molar-refractivity contribution in [2.24, 2.45) is 0 Å². The molecule has 1 aliphatic rings. The van der Waals surface area contributed by atoms with Crippen LogP contribution in [0.3, 0.4) is 0 Å². The molecule has 0 spiro atoms. The molecule has 0 saturated carbocycles. The summed E-state index contributed by atoms with van der Waals surface area (Å²) in [6.45, 7) is 4.83. The lowest BCUT2D eigenvalue weighted by molar-refractivity contribution is 0.182. The summed E-state index contributed by atoms with van der Waals surface area (Å²) in [5.74, 6) is 1.44. The van der Waals surface area contributed by atoms with E-state index in [1.807, 2.05) is 14.0 Å². The topological polar surface area (TPSA) is 54.2 Å². The van der Waals surface area contributed by atoms with Crippen LogP contribution >= 0.6 is 0 Å². The number of piperidine rings is 1. The zero-order valence-corrected chi connectivity index (χ0v) is 9.36. The lowest BCUT2D eigenvalue weighted by atomic mass is 10.1. The Kier molecular flexibility index (Phi) is 3.33. The van der Waals surface area contributed by atoms with Crippen LogP contribution in [0.2, 0.25) is 0 Å². The zero-order chi connectivity index (χ0) is 10.7. The average Bonchev–Trinajstić information content (AvgIpc) is 2.64. The van der Waals surface area contributed by atoms with Gasteiger partial charge < -0.3 is 9.84 Å². The Balaban J connectivity index is 1.88. The summed E-state index contributed by atoms with van der Waals surface area (Å²) in [5.41, 5.74) is 0. The number of aromatic nitrogens is 2. The Labute approximate surface area is 89.8 Å². The molecule has 0 aliphatic carbocycles. The predicted octanol–water partition coefficient (Wildman–Crippen LogP) is 0.562. The molecule has 1 atom stereocenters. The molecule has 0 amide bonds. The fourth-order valence-electron chi connectivity index (χ4n) is 2.04. The van der Waals surface area contributed by atoms with Gasteiger partial charge in [-0.15, -0.1) is 0 Å². The van der Waals surface area contributed by atoms with Crippen LogP contribution in [0, 0.1) is 6.92 Å². The maximum Gasteiger partial charge on any atom is 0.223 e. The minimum atomic E-state index is 0.603. The molecule has 2 heterocycles. The summed E-state index contributed by atoms with van der Waals surface area (Å²) in [4.78, 5) is 6.59. The van der Waals surface area contributed by atoms with Gasteiger partial charge in [0.15, 0.2) is 5.82 Å². The molecule has 1 aromatic heterocycles. The molecule has 1 fully saturated rings. The summed E-state index contributed by atoms with van der Waals surface area (Å²) >= 11 is 0. The number of hydrogen-bond donors (Lipinski definition) is 1. The van der Waals surface area contributed by atoms with Gasteiger partial charge in [0.1, 0.15) is 0 Å². The third kappa shape index (κ3) is 2.76. The first kappa shape index (κ1) is 10.6. The average molecular weight is 210 g/mol. The predicted molar refractivity (Wildman–Crippen MR) is 56.4 cm³/mol.